The fourth-order valence-electron chi connectivity index (χ4n) is 3.40. The Hall–Kier alpha value is -3.08. The van der Waals surface area contributed by atoms with Gasteiger partial charge in [-0.1, -0.05) is 60.6 Å². The number of ether oxygens (including phenoxy) is 1. The molecule has 1 aliphatic heterocycles. The summed E-state index contributed by atoms with van der Waals surface area (Å²) >= 11 is 0. The number of amides is 1. The van der Waals surface area contributed by atoms with E-state index < -0.39 is 6.10 Å². The molecule has 2 heterocycles. The van der Waals surface area contributed by atoms with Crippen molar-refractivity contribution in [3.05, 3.63) is 72.0 Å². The molecular formula is C22H22N2O3. The lowest BCUT2D eigenvalue weighted by Crippen LogP contribution is -2.44. The van der Waals surface area contributed by atoms with Gasteiger partial charge in [-0.2, -0.15) is 0 Å². The third kappa shape index (κ3) is 3.58. The van der Waals surface area contributed by atoms with Crippen LogP contribution in [0.15, 0.2) is 65.2 Å². The van der Waals surface area contributed by atoms with Crippen LogP contribution < -0.4 is 4.74 Å². The van der Waals surface area contributed by atoms with E-state index in [1.165, 1.54) is 0 Å². The van der Waals surface area contributed by atoms with Crippen molar-refractivity contribution in [2.75, 3.05) is 6.54 Å². The Morgan fingerprint density at radius 3 is 2.56 bits per heavy atom. The monoisotopic (exact) mass is 362 g/mol. The Morgan fingerprint density at radius 1 is 1.15 bits per heavy atom. The van der Waals surface area contributed by atoms with Crippen LogP contribution in [0.5, 0.6) is 5.75 Å². The van der Waals surface area contributed by atoms with Gasteiger partial charge in [-0.3, -0.25) is 4.79 Å². The highest BCUT2D eigenvalue weighted by Crippen LogP contribution is 2.30. The largest absolute Gasteiger partial charge is 0.481 e. The molecule has 0 saturated carbocycles. The number of hydrogen-bond donors (Lipinski definition) is 0. The number of para-hydroxylation sites is 1. The molecule has 1 aromatic heterocycles. The number of carbonyl (C=O) groups is 1. The lowest BCUT2D eigenvalue weighted by atomic mass is 10.0. The highest BCUT2D eigenvalue weighted by atomic mass is 16.5. The van der Waals surface area contributed by atoms with E-state index >= 15 is 0 Å². The van der Waals surface area contributed by atoms with Gasteiger partial charge in [0.1, 0.15) is 17.2 Å². The third-order valence-corrected chi connectivity index (χ3v) is 4.85. The molecule has 2 aromatic carbocycles. The predicted octanol–water partition coefficient (Wildman–Crippen LogP) is 4.08. The van der Waals surface area contributed by atoms with Crippen LogP contribution in [0, 0.1) is 0 Å². The second-order valence-corrected chi connectivity index (χ2v) is 6.64. The standard InChI is InChI=1S/C22H22N2O3/c1-2-19(26-17-11-7-4-8-12-17)22(25)24-14-13-20-18(15-24)21(23-27-20)16-9-5-3-6-10-16/h3-12,19H,2,13-15H2,1H3/t19-/m0/s1. The van der Waals surface area contributed by atoms with Crippen molar-refractivity contribution in [2.45, 2.75) is 32.4 Å². The summed E-state index contributed by atoms with van der Waals surface area (Å²) in [4.78, 5) is 14.9. The molecular weight excluding hydrogens is 340 g/mol. The molecule has 27 heavy (non-hydrogen) atoms. The van der Waals surface area contributed by atoms with Gasteiger partial charge < -0.3 is 14.2 Å². The van der Waals surface area contributed by atoms with Crippen molar-refractivity contribution in [3.8, 4) is 17.0 Å². The van der Waals surface area contributed by atoms with E-state index in [0.717, 1.165) is 22.6 Å². The van der Waals surface area contributed by atoms with Crippen molar-refractivity contribution in [1.29, 1.82) is 0 Å². The summed E-state index contributed by atoms with van der Waals surface area (Å²) in [6, 6.07) is 19.4. The average Bonchev–Trinajstić information content (AvgIpc) is 3.16. The summed E-state index contributed by atoms with van der Waals surface area (Å²) in [5.41, 5.74) is 2.82. The van der Waals surface area contributed by atoms with Gasteiger partial charge in [-0.05, 0) is 18.6 Å². The number of hydrogen-bond acceptors (Lipinski definition) is 4. The van der Waals surface area contributed by atoms with Gasteiger partial charge >= 0.3 is 0 Å². The van der Waals surface area contributed by atoms with E-state index in [1.807, 2.05) is 72.5 Å². The van der Waals surface area contributed by atoms with Gasteiger partial charge in [-0.15, -0.1) is 0 Å². The molecule has 4 rings (SSSR count). The smallest absolute Gasteiger partial charge is 0.263 e. The summed E-state index contributed by atoms with van der Waals surface area (Å²) in [5.74, 6) is 1.59. The van der Waals surface area contributed by atoms with Gasteiger partial charge in [0.05, 0.1) is 6.54 Å². The average molecular weight is 362 g/mol. The molecule has 1 aliphatic rings. The first-order valence-electron chi connectivity index (χ1n) is 9.29. The number of fused-ring (bicyclic) bond motifs is 1. The topological polar surface area (TPSA) is 55.6 Å². The molecule has 0 fully saturated rings. The minimum absolute atomic E-state index is 0.00668. The third-order valence-electron chi connectivity index (χ3n) is 4.85. The maximum Gasteiger partial charge on any atom is 0.263 e. The zero-order valence-electron chi connectivity index (χ0n) is 15.3. The summed E-state index contributed by atoms with van der Waals surface area (Å²) < 4.78 is 11.5. The normalized spacial score (nSPS) is 14.5. The maximum atomic E-state index is 13.1. The minimum Gasteiger partial charge on any atom is -0.481 e. The molecule has 0 aliphatic carbocycles. The van der Waals surface area contributed by atoms with Crippen LogP contribution in [-0.2, 0) is 17.8 Å². The van der Waals surface area contributed by atoms with Crippen molar-refractivity contribution in [1.82, 2.24) is 10.1 Å². The molecule has 3 aromatic rings. The van der Waals surface area contributed by atoms with E-state index in [1.54, 1.807) is 0 Å². The number of carbonyl (C=O) groups excluding carboxylic acids is 1. The molecule has 5 heteroatoms. The summed E-state index contributed by atoms with van der Waals surface area (Å²) in [5, 5.41) is 4.25. The van der Waals surface area contributed by atoms with E-state index in [0.29, 0.717) is 31.7 Å². The van der Waals surface area contributed by atoms with Crippen LogP contribution in [0.25, 0.3) is 11.3 Å². The van der Waals surface area contributed by atoms with Gasteiger partial charge in [0.25, 0.3) is 5.91 Å². The fraction of sp³-hybridized carbons (Fsp3) is 0.273. The second kappa shape index (κ2) is 7.66. The van der Waals surface area contributed by atoms with E-state index in [2.05, 4.69) is 5.16 Å². The van der Waals surface area contributed by atoms with E-state index in [9.17, 15) is 4.79 Å². The van der Waals surface area contributed by atoms with E-state index in [-0.39, 0.29) is 5.91 Å². The number of rotatable bonds is 5. The zero-order valence-corrected chi connectivity index (χ0v) is 15.3. The van der Waals surface area contributed by atoms with Crippen molar-refractivity contribution < 1.29 is 14.1 Å². The molecule has 1 atom stereocenters. The number of nitrogens with zero attached hydrogens (tertiary/aromatic N) is 2. The molecule has 0 unspecified atom stereocenters. The SMILES string of the molecule is CC[C@H](Oc1ccccc1)C(=O)N1CCc2onc(-c3ccccc3)c2C1. The lowest BCUT2D eigenvalue weighted by molar-refractivity contribution is -0.139. The van der Waals surface area contributed by atoms with Crippen molar-refractivity contribution in [3.63, 3.8) is 0 Å². The number of benzene rings is 2. The summed E-state index contributed by atoms with van der Waals surface area (Å²) in [6.45, 7) is 3.08. The van der Waals surface area contributed by atoms with Crippen LogP contribution in [0.4, 0.5) is 0 Å². The van der Waals surface area contributed by atoms with Crippen LogP contribution in [0.1, 0.15) is 24.7 Å². The molecule has 0 saturated heterocycles. The van der Waals surface area contributed by atoms with Gasteiger partial charge in [0, 0.05) is 24.1 Å². The highest BCUT2D eigenvalue weighted by molar-refractivity contribution is 5.82. The number of aromatic nitrogens is 1. The van der Waals surface area contributed by atoms with E-state index in [4.69, 9.17) is 9.26 Å². The Morgan fingerprint density at radius 2 is 1.85 bits per heavy atom. The second-order valence-electron chi connectivity index (χ2n) is 6.64. The predicted molar refractivity (Wildman–Crippen MR) is 102 cm³/mol. The summed E-state index contributed by atoms with van der Waals surface area (Å²) in [6.07, 6.45) is 0.795. The fourth-order valence-corrected chi connectivity index (χ4v) is 3.40. The van der Waals surface area contributed by atoms with Crippen LogP contribution in [0.3, 0.4) is 0 Å². The molecule has 0 radical (unpaired) electrons. The molecule has 5 nitrogen and oxygen atoms in total. The molecule has 138 valence electrons. The van der Waals surface area contributed by atoms with Crippen molar-refractivity contribution in [2.24, 2.45) is 0 Å². The summed E-state index contributed by atoms with van der Waals surface area (Å²) in [7, 11) is 0. The Bertz CT molecular complexity index is 906. The molecule has 1 amide bonds. The maximum absolute atomic E-state index is 13.1. The Labute approximate surface area is 158 Å². The Kier molecular flexibility index (Phi) is 4.92. The first kappa shape index (κ1) is 17.3. The van der Waals surface area contributed by atoms with Crippen LogP contribution in [0.2, 0.25) is 0 Å². The van der Waals surface area contributed by atoms with Gasteiger partial charge in [0.2, 0.25) is 0 Å². The molecule has 0 N–H and O–H groups in total. The lowest BCUT2D eigenvalue weighted by Gasteiger charge is -2.29. The van der Waals surface area contributed by atoms with Crippen molar-refractivity contribution >= 4 is 5.91 Å². The zero-order chi connectivity index (χ0) is 18.6. The van der Waals surface area contributed by atoms with Gasteiger partial charge in [0.15, 0.2) is 6.10 Å². The molecule has 0 spiro atoms. The quantitative estimate of drug-likeness (QED) is 0.686. The molecule has 0 bridgehead atoms. The van der Waals surface area contributed by atoms with Gasteiger partial charge in [-0.25, -0.2) is 0 Å². The highest BCUT2D eigenvalue weighted by Gasteiger charge is 2.31. The Balaban J connectivity index is 1.53. The minimum atomic E-state index is -0.492. The first-order chi connectivity index (χ1) is 13.3. The van der Waals surface area contributed by atoms with Crippen LogP contribution in [-0.4, -0.2) is 28.6 Å². The first-order valence-corrected chi connectivity index (χ1v) is 9.29. The van der Waals surface area contributed by atoms with Crippen LogP contribution >= 0.6 is 0 Å².